The van der Waals surface area contributed by atoms with Crippen molar-refractivity contribution in [3.63, 3.8) is 0 Å². The Bertz CT molecular complexity index is 1470. The SMILES string of the molecule is CC[C@@H](CO)N1C(=O)[C@@H]2[C@@H](C(=O)NCc3ccccc3)[C@]3(C)OC2(CC3C)C1C(=O)NCn1nnc2ccccc21. The summed E-state index contributed by atoms with van der Waals surface area (Å²) in [4.78, 5) is 43.6. The van der Waals surface area contributed by atoms with Gasteiger partial charge in [0.15, 0.2) is 0 Å². The number of likely N-dealkylation sites (tertiary alicyclic amines) is 1. The minimum absolute atomic E-state index is 0.0440. The molecular weight excluding hydrogens is 524 g/mol. The fourth-order valence-electron chi connectivity index (χ4n) is 7.36. The van der Waals surface area contributed by atoms with Crippen molar-refractivity contribution in [3.8, 4) is 0 Å². The van der Waals surface area contributed by atoms with Crippen LogP contribution in [0.15, 0.2) is 54.6 Å². The van der Waals surface area contributed by atoms with Gasteiger partial charge in [-0.3, -0.25) is 14.4 Å². The Kier molecular flexibility index (Phi) is 6.82. The Morgan fingerprint density at radius 1 is 1.12 bits per heavy atom. The van der Waals surface area contributed by atoms with Crippen LogP contribution in [0.5, 0.6) is 0 Å². The average Bonchev–Trinajstić information content (AvgIpc) is 3.65. The number of nitrogens with one attached hydrogen (secondary N) is 2. The highest BCUT2D eigenvalue weighted by molar-refractivity contribution is 5.99. The van der Waals surface area contributed by atoms with Crippen molar-refractivity contribution >= 4 is 28.8 Å². The van der Waals surface area contributed by atoms with Gasteiger partial charge in [0.1, 0.15) is 23.8 Å². The highest BCUT2D eigenvalue weighted by Crippen LogP contribution is 2.65. The van der Waals surface area contributed by atoms with E-state index >= 15 is 0 Å². The van der Waals surface area contributed by atoms with Crippen molar-refractivity contribution in [1.29, 1.82) is 0 Å². The summed E-state index contributed by atoms with van der Waals surface area (Å²) in [7, 11) is 0. The molecular formula is C30H36N6O5. The van der Waals surface area contributed by atoms with Gasteiger partial charge in [-0.15, -0.1) is 5.10 Å². The van der Waals surface area contributed by atoms with Crippen molar-refractivity contribution in [1.82, 2.24) is 30.5 Å². The number of carbonyl (C=O) groups excluding carboxylic acids is 3. The van der Waals surface area contributed by atoms with Gasteiger partial charge in [-0.25, -0.2) is 4.68 Å². The van der Waals surface area contributed by atoms with Gasteiger partial charge in [0.25, 0.3) is 0 Å². The molecule has 1 aromatic heterocycles. The number of aliphatic hydroxyl groups excluding tert-OH is 1. The zero-order chi connectivity index (χ0) is 28.9. The fourth-order valence-corrected chi connectivity index (χ4v) is 7.36. The summed E-state index contributed by atoms with van der Waals surface area (Å²) >= 11 is 0. The Morgan fingerprint density at radius 2 is 1.85 bits per heavy atom. The number of ether oxygens (including phenoxy) is 1. The van der Waals surface area contributed by atoms with E-state index in [1.54, 1.807) is 4.68 Å². The topological polar surface area (TPSA) is 139 Å². The van der Waals surface area contributed by atoms with Crippen LogP contribution < -0.4 is 10.6 Å². The molecule has 2 aromatic carbocycles. The molecule has 4 heterocycles. The second kappa shape index (κ2) is 10.2. The number of para-hydroxylation sites is 1. The van der Waals surface area contributed by atoms with Crippen molar-refractivity contribution in [3.05, 3.63) is 60.2 Å². The molecule has 216 valence electrons. The first-order valence-corrected chi connectivity index (χ1v) is 14.3. The molecule has 6 rings (SSSR count). The van der Waals surface area contributed by atoms with Crippen LogP contribution in [0.4, 0.5) is 0 Å². The van der Waals surface area contributed by atoms with E-state index in [9.17, 15) is 19.5 Å². The molecule has 1 spiro atoms. The van der Waals surface area contributed by atoms with Crippen LogP contribution in [0.3, 0.4) is 0 Å². The van der Waals surface area contributed by atoms with E-state index in [0.29, 0.717) is 24.9 Å². The number of aliphatic hydroxyl groups is 1. The third-order valence-electron chi connectivity index (χ3n) is 9.49. The minimum Gasteiger partial charge on any atom is -0.394 e. The minimum atomic E-state index is -1.20. The summed E-state index contributed by atoms with van der Waals surface area (Å²) in [5, 5.41) is 24.5. The van der Waals surface area contributed by atoms with Crippen LogP contribution in [0, 0.1) is 17.8 Å². The lowest BCUT2D eigenvalue weighted by Gasteiger charge is -2.36. The molecule has 2 bridgehead atoms. The quantitative estimate of drug-likeness (QED) is 0.361. The zero-order valence-electron chi connectivity index (χ0n) is 23.5. The lowest BCUT2D eigenvalue weighted by molar-refractivity contribution is -0.151. The second-order valence-corrected chi connectivity index (χ2v) is 11.7. The molecule has 3 aliphatic rings. The molecule has 0 saturated carbocycles. The van der Waals surface area contributed by atoms with E-state index in [0.717, 1.165) is 11.1 Å². The smallest absolute Gasteiger partial charge is 0.247 e. The number of benzene rings is 2. The van der Waals surface area contributed by atoms with E-state index in [2.05, 4.69) is 20.9 Å². The van der Waals surface area contributed by atoms with Crippen molar-refractivity contribution < 1.29 is 24.2 Å². The lowest BCUT2D eigenvalue weighted by Crippen LogP contribution is -2.58. The Labute approximate surface area is 238 Å². The number of hydrogen-bond acceptors (Lipinski definition) is 7. The molecule has 41 heavy (non-hydrogen) atoms. The molecule has 3 amide bonds. The number of amides is 3. The van der Waals surface area contributed by atoms with E-state index in [4.69, 9.17) is 4.74 Å². The molecule has 3 unspecified atom stereocenters. The van der Waals surface area contributed by atoms with Gasteiger partial charge in [0.05, 0.1) is 35.6 Å². The van der Waals surface area contributed by atoms with Crippen LogP contribution in [0.1, 0.15) is 39.2 Å². The molecule has 3 fully saturated rings. The average molecular weight is 561 g/mol. The molecule has 0 radical (unpaired) electrons. The number of nitrogens with zero attached hydrogens (tertiary/aromatic N) is 4. The van der Waals surface area contributed by atoms with Crippen LogP contribution in [0.25, 0.3) is 11.0 Å². The van der Waals surface area contributed by atoms with Crippen LogP contribution in [-0.4, -0.2) is 72.6 Å². The van der Waals surface area contributed by atoms with Gasteiger partial charge < -0.3 is 25.4 Å². The number of fused-ring (bicyclic) bond motifs is 2. The summed E-state index contributed by atoms with van der Waals surface area (Å²) in [6.07, 6.45) is 0.894. The van der Waals surface area contributed by atoms with Gasteiger partial charge in [-0.2, -0.15) is 0 Å². The monoisotopic (exact) mass is 560 g/mol. The molecule has 11 nitrogen and oxygen atoms in total. The third-order valence-corrected chi connectivity index (χ3v) is 9.49. The maximum Gasteiger partial charge on any atom is 0.247 e. The predicted molar refractivity (Wildman–Crippen MR) is 149 cm³/mol. The maximum atomic E-state index is 14.2. The summed E-state index contributed by atoms with van der Waals surface area (Å²) in [6.45, 7) is 5.82. The number of hydrogen-bond donors (Lipinski definition) is 3. The number of aromatic nitrogens is 3. The van der Waals surface area contributed by atoms with Gasteiger partial charge in [0, 0.05) is 6.54 Å². The number of carbonyl (C=O) groups is 3. The Balaban J connectivity index is 1.32. The molecule has 0 aliphatic carbocycles. The summed E-state index contributed by atoms with van der Waals surface area (Å²) in [5.41, 5.74) is 0.292. The molecule has 7 atom stereocenters. The third kappa shape index (κ3) is 4.13. The first-order valence-electron chi connectivity index (χ1n) is 14.3. The van der Waals surface area contributed by atoms with E-state index in [1.807, 2.05) is 75.4 Å². The van der Waals surface area contributed by atoms with Gasteiger partial charge >= 0.3 is 0 Å². The van der Waals surface area contributed by atoms with Gasteiger partial charge in [-0.1, -0.05) is 61.5 Å². The first-order chi connectivity index (χ1) is 19.7. The summed E-state index contributed by atoms with van der Waals surface area (Å²) in [6, 6.07) is 15.4. The predicted octanol–water partition coefficient (Wildman–Crippen LogP) is 1.60. The summed E-state index contributed by atoms with van der Waals surface area (Å²) < 4.78 is 8.34. The lowest BCUT2D eigenvalue weighted by atomic mass is 9.62. The van der Waals surface area contributed by atoms with E-state index in [1.165, 1.54) is 4.90 Å². The first kappa shape index (κ1) is 27.3. The van der Waals surface area contributed by atoms with Gasteiger partial charge in [-0.05, 0) is 43.4 Å². The molecule has 3 aliphatic heterocycles. The Hall–Kier alpha value is -3.83. The maximum absolute atomic E-state index is 14.2. The van der Waals surface area contributed by atoms with Crippen molar-refractivity contribution in [2.24, 2.45) is 17.8 Å². The summed E-state index contributed by atoms with van der Waals surface area (Å²) in [5.74, 6) is -2.71. The Morgan fingerprint density at radius 3 is 2.59 bits per heavy atom. The van der Waals surface area contributed by atoms with Crippen LogP contribution in [-0.2, 0) is 32.3 Å². The number of rotatable bonds is 9. The van der Waals surface area contributed by atoms with Crippen molar-refractivity contribution in [2.75, 3.05) is 6.61 Å². The highest BCUT2D eigenvalue weighted by Gasteiger charge is 2.80. The largest absolute Gasteiger partial charge is 0.394 e. The van der Waals surface area contributed by atoms with Crippen molar-refractivity contribution in [2.45, 2.75) is 70.1 Å². The fraction of sp³-hybridized carbons (Fsp3) is 0.500. The van der Waals surface area contributed by atoms with E-state index < -0.39 is 41.0 Å². The van der Waals surface area contributed by atoms with E-state index in [-0.39, 0.29) is 31.0 Å². The molecule has 3 aromatic rings. The molecule has 11 heteroatoms. The van der Waals surface area contributed by atoms with Gasteiger partial charge in [0.2, 0.25) is 17.7 Å². The highest BCUT2D eigenvalue weighted by atomic mass is 16.5. The standard InChI is InChI=1S/C30H36N6O5/c1-4-20(16-37)36-25(27(39)32-17-35-22-13-9-8-12-21(22)33-34-35)30-14-18(2)29(3,41-30)23(24(30)28(36)40)26(38)31-15-19-10-6-5-7-11-19/h5-13,18,20,23-25,37H,4,14-17H2,1-3H3,(H,31,38)(H,32,39)/t18?,20-,23-,24-,25?,29+,30?/m0/s1. The normalized spacial score (nSPS) is 30.9. The molecule has 3 saturated heterocycles. The molecule has 3 N–H and O–H groups in total. The van der Waals surface area contributed by atoms with Crippen LogP contribution in [0.2, 0.25) is 0 Å². The second-order valence-electron chi connectivity index (χ2n) is 11.7. The van der Waals surface area contributed by atoms with Crippen LogP contribution >= 0.6 is 0 Å². The zero-order valence-corrected chi connectivity index (χ0v) is 23.5.